The summed E-state index contributed by atoms with van der Waals surface area (Å²) >= 11 is 0. The third-order valence-electron chi connectivity index (χ3n) is 4.03. The molecule has 2 aliphatic heterocycles. The normalized spacial score (nSPS) is 25.2. The number of primary amides is 1. The van der Waals surface area contributed by atoms with E-state index in [9.17, 15) is 9.59 Å². The summed E-state index contributed by atoms with van der Waals surface area (Å²) in [6.45, 7) is 1.33. The van der Waals surface area contributed by atoms with Gasteiger partial charge >= 0.3 is 0 Å². The lowest BCUT2D eigenvalue weighted by atomic mass is 9.91. The Hall–Kier alpha value is -2.31. The van der Waals surface area contributed by atoms with Gasteiger partial charge in [-0.25, -0.2) is 4.98 Å². The van der Waals surface area contributed by atoms with Crippen molar-refractivity contribution in [3.8, 4) is 0 Å². The van der Waals surface area contributed by atoms with E-state index in [0.29, 0.717) is 23.6 Å². The number of hydrogen-bond donors (Lipinski definition) is 3. The molecule has 0 spiro atoms. The van der Waals surface area contributed by atoms with Crippen LogP contribution in [-0.2, 0) is 4.79 Å². The summed E-state index contributed by atoms with van der Waals surface area (Å²) in [5.41, 5.74) is 11.8. The highest BCUT2D eigenvalue weighted by atomic mass is 16.2. The van der Waals surface area contributed by atoms with Crippen molar-refractivity contribution in [2.24, 2.45) is 11.7 Å². The van der Waals surface area contributed by atoms with Crippen molar-refractivity contribution in [1.82, 2.24) is 10.3 Å². The number of carbonyl (C=O) groups is 2. The number of nitrogens with one attached hydrogen (secondary N) is 1. The van der Waals surface area contributed by atoms with Gasteiger partial charge in [0.1, 0.15) is 5.82 Å². The second-order valence-electron chi connectivity index (χ2n) is 5.26. The molecule has 2 fully saturated rings. The number of amides is 2. The van der Waals surface area contributed by atoms with E-state index in [1.54, 1.807) is 6.07 Å². The maximum Gasteiger partial charge on any atom is 0.252 e. The third kappa shape index (κ3) is 1.95. The first-order valence-electron chi connectivity index (χ1n) is 6.67. The van der Waals surface area contributed by atoms with Crippen LogP contribution in [0, 0.1) is 5.92 Å². The standard InChI is InChI=1S/C13H17N5O2/c14-7-4-9(11(15)19)12(16-5-7)18-3-1-2-8-10(18)6-17-13(8)20/h4-5,8,10H,1-3,6,14H2,(H2,15,19)(H,17,20). The van der Waals surface area contributed by atoms with Crippen LogP contribution in [0.25, 0.3) is 0 Å². The molecule has 7 nitrogen and oxygen atoms in total. The molecule has 20 heavy (non-hydrogen) atoms. The molecule has 0 radical (unpaired) electrons. The molecule has 1 aromatic heterocycles. The SMILES string of the molecule is NC(=O)c1cc(N)cnc1N1CCCC2C(=O)NCC21. The largest absolute Gasteiger partial charge is 0.397 e. The quantitative estimate of drug-likeness (QED) is 0.671. The molecule has 3 rings (SSSR count). The summed E-state index contributed by atoms with van der Waals surface area (Å²) in [7, 11) is 0. The lowest BCUT2D eigenvalue weighted by Gasteiger charge is -2.37. The summed E-state index contributed by atoms with van der Waals surface area (Å²) in [4.78, 5) is 29.7. The van der Waals surface area contributed by atoms with Crippen molar-refractivity contribution in [2.45, 2.75) is 18.9 Å². The van der Waals surface area contributed by atoms with Crippen molar-refractivity contribution in [1.29, 1.82) is 0 Å². The molecule has 0 aliphatic carbocycles. The molecular formula is C13H17N5O2. The van der Waals surface area contributed by atoms with E-state index in [4.69, 9.17) is 11.5 Å². The first kappa shape index (κ1) is 12.7. The second kappa shape index (κ2) is 4.66. The van der Waals surface area contributed by atoms with Gasteiger partial charge in [0.2, 0.25) is 5.91 Å². The van der Waals surface area contributed by atoms with Gasteiger partial charge in [-0.15, -0.1) is 0 Å². The molecule has 2 atom stereocenters. The van der Waals surface area contributed by atoms with Crippen LogP contribution >= 0.6 is 0 Å². The Morgan fingerprint density at radius 1 is 1.50 bits per heavy atom. The average Bonchev–Trinajstić information content (AvgIpc) is 2.81. The molecule has 106 valence electrons. The Bertz CT molecular complexity index is 574. The number of nitrogens with two attached hydrogens (primary N) is 2. The van der Waals surface area contributed by atoms with Crippen molar-refractivity contribution in [3.63, 3.8) is 0 Å². The highest BCUT2D eigenvalue weighted by Gasteiger charge is 2.42. The maximum atomic E-state index is 11.8. The summed E-state index contributed by atoms with van der Waals surface area (Å²) in [5.74, 6) is 0.0108. The van der Waals surface area contributed by atoms with E-state index in [1.165, 1.54) is 6.20 Å². The number of nitrogens with zero attached hydrogens (tertiary/aromatic N) is 2. The maximum absolute atomic E-state index is 11.8. The minimum Gasteiger partial charge on any atom is -0.397 e. The smallest absolute Gasteiger partial charge is 0.252 e. The van der Waals surface area contributed by atoms with Crippen LogP contribution in [0.1, 0.15) is 23.2 Å². The molecule has 2 saturated heterocycles. The third-order valence-corrected chi connectivity index (χ3v) is 4.03. The van der Waals surface area contributed by atoms with E-state index in [0.717, 1.165) is 19.4 Å². The fourth-order valence-electron chi connectivity index (χ4n) is 3.10. The van der Waals surface area contributed by atoms with Crippen LogP contribution in [0.15, 0.2) is 12.3 Å². The highest BCUT2D eigenvalue weighted by Crippen LogP contribution is 2.32. The van der Waals surface area contributed by atoms with Crippen molar-refractivity contribution >= 4 is 23.3 Å². The van der Waals surface area contributed by atoms with Gasteiger partial charge in [0, 0.05) is 13.1 Å². The molecule has 1 aromatic rings. The van der Waals surface area contributed by atoms with Gasteiger partial charge in [-0.1, -0.05) is 0 Å². The lowest BCUT2D eigenvalue weighted by molar-refractivity contribution is -0.123. The van der Waals surface area contributed by atoms with Crippen LogP contribution in [-0.4, -0.2) is 35.9 Å². The molecule has 0 aromatic carbocycles. The first-order valence-corrected chi connectivity index (χ1v) is 6.67. The van der Waals surface area contributed by atoms with Gasteiger partial charge in [0.15, 0.2) is 0 Å². The number of hydrogen-bond acceptors (Lipinski definition) is 5. The van der Waals surface area contributed by atoms with E-state index in [1.807, 2.05) is 4.90 Å². The minimum atomic E-state index is -0.556. The van der Waals surface area contributed by atoms with E-state index in [-0.39, 0.29) is 17.9 Å². The van der Waals surface area contributed by atoms with E-state index >= 15 is 0 Å². The van der Waals surface area contributed by atoms with Crippen molar-refractivity contribution < 1.29 is 9.59 Å². The summed E-state index contributed by atoms with van der Waals surface area (Å²) in [6, 6.07) is 1.57. The Morgan fingerprint density at radius 3 is 3.05 bits per heavy atom. The zero-order valence-electron chi connectivity index (χ0n) is 11.0. The minimum absolute atomic E-state index is 0.0328. The Balaban J connectivity index is 2.00. The van der Waals surface area contributed by atoms with Gasteiger partial charge in [0.25, 0.3) is 5.91 Å². The number of fused-ring (bicyclic) bond motifs is 1. The first-order chi connectivity index (χ1) is 9.58. The zero-order valence-corrected chi connectivity index (χ0v) is 11.0. The molecule has 0 bridgehead atoms. The van der Waals surface area contributed by atoms with Gasteiger partial charge in [0.05, 0.1) is 29.4 Å². The number of anilines is 2. The van der Waals surface area contributed by atoms with Crippen LogP contribution in [0.2, 0.25) is 0 Å². The molecule has 2 aliphatic rings. The summed E-state index contributed by atoms with van der Waals surface area (Å²) in [6.07, 6.45) is 3.27. The molecule has 5 N–H and O–H groups in total. The Morgan fingerprint density at radius 2 is 2.30 bits per heavy atom. The van der Waals surface area contributed by atoms with Gasteiger partial charge in [-0.3, -0.25) is 9.59 Å². The number of pyridine rings is 1. The summed E-state index contributed by atoms with van der Waals surface area (Å²) in [5, 5.41) is 2.87. The summed E-state index contributed by atoms with van der Waals surface area (Å²) < 4.78 is 0. The number of piperidine rings is 1. The molecule has 2 unspecified atom stereocenters. The van der Waals surface area contributed by atoms with E-state index < -0.39 is 5.91 Å². The molecule has 0 saturated carbocycles. The molecule has 3 heterocycles. The molecular weight excluding hydrogens is 258 g/mol. The topological polar surface area (TPSA) is 114 Å². The predicted molar refractivity (Wildman–Crippen MR) is 74.0 cm³/mol. The lowest BCUT2D eigenvalue weighted by Crippen LogP contribution is -2.46. The number of carbonyl (C=O) groups excluding carboxylic acids is 2. The van der Waals surface area contributed by atoms with Crippen LogP contribution in [0.5, 0.6) is 0 Å². The van der Waals surface area contributed by atoms with Crippen molar-refractivity contribution in [3.05, 3.63) is 17.8 Å². The van der Waals surface area contributed by atoms with Crippen LogP contribution in [0.3, 0.4) is 0 Å². The highest BCUT2D eigenvalue weighted by molar-refractivity contribution is 5.98. The van der Waals surface area contributed by atoms with Gasteiger partial charge in [-0.05, 0) is 18.9 Å². The fourth-order valence-corrected chi connectivity index (χ4v) is 3.10. The number of rotatable bonds is 2. The molecule has 2 amide bonds. The fraction of sp³-hybridized carbons (Fsp3) is 0.462. The zero-order chi connectivity index (χ0) is 14.3. The number of nitrogen functional groups attached to an aromatic ring is 1. The van der Waals surface area contributed by atoms with E-state index in [2.05, 4.69) is 10.3 Å². The van der Waals surface area contributed by atoms with Crippen LogP contribution in [0.4, 0.5) is 11.5 Å². The second-order valence-corrected chi connectivity index (χ2v) is 5.26. The van der Waals surface area contributed by atoms with Gasteiger partial charge < -0.3 is 21.7 Å². The Labute approximate surface area is 116 Å². The Kier molecular flexibility index (Phi) is 2.96. The predicted octanol–water partition coefficient (Wildman–Crippen LogP) is -0.523. The number of aromatic nitrogens is 1. The average molecular weight is 275 g/mol. The van der Waals surface area contributed by atoms with Crippen LogP contribution < -0.4 is 21.7 Å². The van der Waals surface area contributed by atoms with Crippen molar-refractivity contribution in [2.75, 3.05) is 23.7 Å². The van der Waals surface area contributed by atoms with Gasteiger partial charge in [-0.2, -0.15) is 0 Å². The molecule has 7 heteroatoms. The monoisotopic (exact) mass is 275 g/mol.